The Hall–Kier alpha value is -1.70. The van der Waals surface area contributed by atoms with E-state index in [0.717, 1.165) is 11.9 Å². The molecule has 0 aliphatic heterocycles. The SMILES string of the molecule is CCOC(=O)NC(=O)NSc1ccn[nH]1. The Bertz CT molecular complexity index is 327. The van der Waals surface area contributed by atoms with E-state index in [1.165, 1.54) is 0 Å². The van der Waals surface area contributed by atoms with Crippen LogP contribution in [0.25, 0.3) is 0 Å². The quantitative estimate of drug-likeness (QED) is 0.669. The van der Waals surface area contributed by atoms with Gasteiger partial charge in [0.05, 0.1) is 6.61 Å². The predicted molar refractivity (Wildman–Crippen MR) is 53.1 cm³/mol. The summed E-state index contributed by atoms with van der Waals surface area (Å²) in [5.41, 5.74) is 0. The lowest BCUT2D eigenvalue weighted by molar-refractivity contribution is 0.153. The van der Waals surface area contributed by atoms with Gasteiger partial charge in [-0.1, -0.05) is 0 Å². The van der Waals surface area contributed by atoms with Crippen LogP contribution >= 0.6 is 11.9 Å². The van der Waals surface area contributed by atoms with E-state index in [0.29, 0.717) is 5.03 Å². The van der Waals surface area contributed by atoms with E-state index in [9.17, 15) is 9.59 Å². The molecule has 0 aliphatic rings. The summed E-state index contributed by atoms with van der Waals surface area (Å²) in [7, 11) is 0. The highest BCUT2D eigenvalue weighted by molar-refractivity contribution is 7.97. The fourth-order valence-corrected chi connectivity index (χ4v) is 1.17. The van der Waals surface area contributed by atoms with E-state index in [1.54, 1.807) is 19.2 Å². The molecule has 0 saturated heterocycles. The van der Waals surface area contributed by atoms with Gasteiger partial charge in [0.2, 0.25) is 0 Å². The van der Waals surface area contributed by atoms with Gasteiger partial charge >= 0.3 is 12.1 Å². The van der Waals surface area contributed by atoms with Crippen LogP contribution in [0.15, 0.2) is 17.3 Å². The molecule has 0 bridgehead atoms. The second-order valence-corrected chi connectivity index (χ2v) is 3.15. The van der Waals surface area contributed by atoms with E-state index >= 15 is 0 Å². The molecular formula is C7H10N4O3S. The van der Waals surface area contributed by atoms with Crippen LogP contribution in [0.3, 0.4) is 0 Å². The highest BCUT2D eigenvalue weighted by atomic mass is 32.2. The van der Waals surface area contributed by atoms with E-state index in [2.05, 4.69) is 19.7 Å². The molecule has 15 heavy (non-hydrogen) atoms. The van der Waals surface area contributed by atoms with Gasteiger partial charge < -0.3 is 4.74 Å². The maximum atomic E-state index is 11.0. The second-order valence-electron chi connectivity index (χ2n) is 2.30. The van der Waals surface area contributed by atoms with E-state index in [1.807, 2.05) is 5.32 Å². The topological polar surface area (TPSA) is 96.1 Å². The number of rotatable bonds is 3. The first-order chi connectivity index (χ1) is 7.22. The number of ether oxygens (including phenoxy) is 1. The molecule has 0 atom stereocenters. The molecule has 3 N–H and O–H groups in total. The molecule has 0 aliphatic carbocycles. The molecule has 0 spiro atoms. The number of amides is 3. The molecule has 1 aromatic heterocycles. The Kier molecular flexibility index (Phi) is 4.48. The summed E-state index contributed by atoms with van der Waals surface area (Å²) >= 11 is 1.01. The van der Waals surface area contributed by atoms with Gasteiger partial charge in [0, 0.05) is 18.1 Å². The van der Waals surface area contributed by atoms with Crippen molar-refractivity contribution in [2.75, 3.05) is 6.61 Å². The molecule has 82 valence electrons. The van der Waals surface area contributed by atoms with Gasteiger partial charge in [-0.25, -0.2) is 14.9 Å². The average molecular weight is 230 g/mol. The molecule has 0 saturated carbocycles. The highest BCUT2D eigenvalue weighted by Crippen LogP contribution is 2.07. The molecule has 0 aromatic carbocycles. The third-order valence-corrected chi connectivity index (χ3v) is 1.95. The van der Waals surface area contributed by atoms with E-state index in [4.69, 9.17) is 0 Å². The maximum absolute atomic E-state index is 11.0. The number of carbonyl (C=O) groups is 2. The fourth-order valence-electron chi connectivity index (χ4n) is 0.687. The number of H-pyrrole nitrogens is 1. The van der Waals surface area contributed by atoms with Crippen LogP contribution in [0, 0.1) is 0 Å². The molecule has 1 heterocycles. The Labute approximate surface area is 90.1 Å². The number of aromatic amines is 1. The minimum atomic E-state index is -0.778. The first-order valence-electron chi connectivity index (χ1n) is 4.12. The summed E-state index contributed by atoms with van der Waals surface area (Å²) in [6.07, 6.45) is 0.771. The van der Waals surface area contributed by atoms with Crippen molar-refractivity contribution < 1.29 is 14.3 Å². The lowest BCUT2D eigenvalue weighted by atomic mass is 10.8. The lowest BCUT2D eigenvalue weighted by Gasteiger charge is -2.04. The minimum absolute atomic E-state index is 0.215. The van der Waals surface area contributed by atoms with Gasteiger partial charge in [0.1, 0.15) is 5.03 Å². The van der Waals surface area contributed by atoms with Gasteiger partial charge in [0.15, 0.2) is 0 Å². The first kappa shape index (κ1) is 11.4. The van der Waals surface area contributed by atoms with Gasteiger partial charge in [-0.05, 0) is 13.0 Å². The third-order valence-electron chi connectivity index (χ3n) is 1.22. The van der Waals surface area contributed by atoms with Crippen LogP contribution in [-0.2, 0) is 4.74 Å². The number of nitrogens with zero attached hydrogens (tertiary/aromatic N) is 1. The molecule has 0 unspecified atom stereocenters. The van der Waals surface area contributed by atoms with Gasteiger partial charge in [-0.15, -0.1) is 0 Å². The normalized spacial score (nSPS) is 9.40. The van der Waals surface area contributed by atoms with Crippen molar-refractivity contribution in [1.82, 2.24) is 20.2 Å². The van der Waals surface area contributed by atoms with Crippen LogP contribution in [0.2, 0.25) is 0 Å². The third kappa shape index (κ3) is 4.36. The number of carbonyl (C=O) groups excluding carboxylic acids is 2. The van der Waals surface area contributed by atoms with E-state index < -0.39 is 12.1 Å². The summed E-state index contributed by atoms with van der Waals surface area (Å²) in [6, 6.07) is 1.03. The number of hydrogen-bond acceptors (Lipinski definition) is 5. The van der Waals surface area contributed by atoms with Crippen molar-refractivity contribution in [2.24, 2.45) is 0 Å². The second kappa shape index (κ2) is 5.91. The zero-order chi connectivity index (χ0) is 11.1. The largest absolute Gasteiger partial charge is 0.450 e. The Morgan fingerprint density at radius 2 is 2.47 bits per heavy atom. The predicted octanol–water partition coefficient (Wildman–Crippen LogP) is 0.873. The highest BCUT2D eigenvalue weighted by Gasteiger charge is 2.07. The number of urea groups is 1. The van der Waals surface area contributed by atoms with Crippen LogP contribution in [0.4, 0.5) is 9.59 Å². The zero-order valence-corrected chi connectivity index (χ0v) is 8.76. The van der Waals surface area contributed by atoms with Crippen molar-refractivity contribution in [3.8, 4) is 0 Å². The van der Waals surface area contributed by atoms with Crippen molar-refractivity contribution in [2.45, 2.75) is 11.9 Å². The Balaban J connectivity index is 2.22. The molecule has 0 radical (unpaired) electrons. The van der Waals surface area contributed by atoms with Gasteiger partial charge in [0.25, 0.3) is 0 Å². The maximum Gasteiger partial charge on any atom is 0.415 e. The number of nitrogens with one attached hydrogen (secondary N) is 3. The Morgan fingerprint density at radius 1 is 1.67 bits per heavy atom. The summed E-state index contributed by atoms with van der Waals surface area (Å²) in [5.74, 6) is 0. The number of aromatic nitrogens is 2. The van der Waals surface area contributed by atoms with Crippen LogP contribution in [0.5, 0.6) is 0 Å². The van der Waals surface area contributed by atoms with Crippen LogP contribution in [-0.4, -0.2) is 28.9 Å². The summed E-state index contributed by atoms with van der Waals surface area (Å²) in [5, 5.41) is 8.94. The monoisotopic (exact) mass is 230 g/mol. The number of hydrogen-bond donors (Lipinski definition) is 3. The van der Waals surface area contributed by atoms with Crippen molar-refractivity contribution >= 4 is 24.1 Å². The standard InChI is InChI=1S/C7H10N4O3S/c1-2-14-7(13)9-6(12)11-15-5-3-4-8-10-5/h3-4H,2H2,1H3,(H,8,10)(H2,9,11,12,13). The molecule has 8 heteroatoms. The van der Waals surface area contributed by atoms with Gasteiger partial charge in [-0.3, -0.25) is 9.82 Å². The smallest absolute Gasteiger partial charge is 0.415 e. The first-order valence-corrected chi connectivity index (χ1v) is 4.94. The summed E-state index contributed by atoms with van der Waals surface area (Å²) in [6.45, 7) is 1.86. The summed E-state index contributed by atoms with van der Waals surface area (Å²) < 4.78 is 6.88. The molecule has 0 fully saturated rings. The van der Waals surface area contributed by atoms with Crippen LogP contribution in [0.1, 0.15) is 6.92 Å². The molecule has 3 amide bonds. The summed E-state index contributed by atoms with van der Waals surface area (Å²) in [4.78, 5) is 21.8. The molecule has 7 nitrogen and oxygen atoms in total. The van der Waals surface area contributed by atoms with Crippen molar-refractivity contribution in [3.63, 3.8) is 0 Å². The zero-order valence-electron chi connectivity index (χ0n) is 7.94. The number of alkyl carbamates (subject to hydrolysis) is 1. The van der Waals surface area contributed by atoms with Crippen molar-refractivity contribution in [3.05, 3.63) is 12.3 Å². The van der Waals surface area contributed by atoms with Crippen LogP contribution < -0.4 is 10.0 Å². The minimum Gasteiger partial charge on any atom is -0.450 e. The average Bonchev–Trinajstić information content (AvgIpc) is 2.67. The van der Waals surface area contributed by atoms with Gasteiger partial charge in [-0.2, -0.15) is 5.10 Å². The number of imide groups is 1. The van der Waals surface area contributed by atoms with Crippen molar-refractivity contribution in [1.29, 1.82) is 0 Å². The molecule has 1 aromatic rings. The van der Waals surface area contributed by atoms with E-state index in [-0.39, 0.29) is 6.61 Å². The molecular weight excluding hydrogens is 220 g/mol. The fraction of sp³-hybridized carbons (Fsp3) is 0.286. The lowest BCUT2D eigenvalue weighted by Crippen LogP contribution is -2.36. The molecule has 1 rings (SSSR count). The Morgan fingerprint density at radius 3 is 3.07 bits per heavy atom.